The van der Waals surface area contributed by atoms with Crippen LogP contribution in [0.2, 0.25) is 5.02 Å². The van der Waals surface area contributed by atoms with E-state index in [0.29, 0.717) is 6.61 Å². The van der Waals surface area contributed by atoms with Gasteiger partial charge in [0.15, 0.2) is 0 Å². The predicted octanol–water partition coefficient (Wildman–Crippen LogP) is 5.73. The van der Waals surface area contributed by atoms with Crippen LogP contribution in [0.3, 0.4) is 0 Å². The van der Waals surface area contributed by atoms with Gasteiger partial charge >= 0.3 is 0 Å². The van der Waals surface area contributed by atoms with Crippen molar-refractivity contribution in [1.29, 1.82) is 0 Å². The van der Waals surface area contributed by atoms with E-state index in [9.17, 15) is 0 Å². The fraction of sp³-hybridized carbons (Fsp3) is 0.130. The molecule has 0 aliphatic heterocycles. The SMILES string of the molecule is CCn1c(N/N=C\c2cccc(OCc3ccc(Cl)cc3)c2)nc2ccccc21. The molecule has 146 valence electrons. The monoisotopic (exact) mass is 404 g/mol. The van der Waals surface area contributed by atoms with Crippen LogP contribution in [0.4, 0.5) is 5.95 Å². The van der Waals surface area contributed by atoms with E-state index in [-0.39, 0.29) is 0 Å². The average molecular weight is 405 g/mol. The van der Waals surface area contributed by atoms with Crippen LogP contribution in [-0.4, -0.2) is 15.8 Å². The lowest BCUT2D eigenvalue weighted by Crippen LogP contribution is -2.02. The molecular weight excluding hydrogens is 384 g/mol. The van der Waals surface area contributed by atoms with Crippen molar-refractivity contribution < 1.29 is 4.74 Å². The number of fused-ring (bicyclic) bond motifs is 1. The molecule has 0 radical (unpaired) electrons. The highest BCUT2D eigenvalue weighted by molar-refractivity contribution is 6.30. The molecule has 1 N–H and O–H groups in total. The number of anilines is 1. The summed E-state index contributed by atoms with van der Waals surface area (Å²) in [4.78, 5) is 4.61. The zero-order valence-corrected chi connectivity index (χ0v) is 16.8. The van der Waals surface area contributed by atoms with Crippen molar-refractivity contribution in [2.45, 2.75) is 20.1 Å². The van der Waals surface area contributed by atoms with Gasteiger partial charge < -0.3 is 9.30 Å². The third kappa shape index (κ3) is 4.58. The van der Waals surface area contributed by atoms with Crippen molar-refractivity contribution in [3.63, 3.8) is 0 Å². The molecule has 4 rings (SSSR count). The van der Waals surface area contributed by atoms with E-state index in [1.165, 1.54) is 0 Å². The van der Waals surface area contributed by atoms with Gasteiger partial charge in [0.05, 0.1) is 17.2 Å². The number of nitrogens with zero attached hydrogens (tertiary/aromatic N) is 3. The number of nitrogens with one attached hydrogen (secondary N) is 1. The van der Waals surface area contributed by atoms with E-state index in [2.05, 4.69) is 33.1 Å². The van der Waals surface area contributed by atoms with Crippen LogP contribution in [0.5, 0.6) is 5.75 Å². The number of imidazole rings is 1. The molecule has 1 heterocycles. The molecule has 5 nitrogen and oxygen atoms in total. The maximum absolute atomic E-state index is 5.92. The van der Waals surface area contributed by atoms with Crippen LogP contribution in [0.1, 0.15) is 18.1 Å². The molecule has 0 aliphatic rings. The van der Waals surface area contributed by atoms with Crippen molar-refractivity contribution in [3.05, 3.63) is 88.9 Å². The fourth-order valence-electron chi connectivity index (χ4n) is 3.08. The topological polar surface area (TPSA) is 51.4 Å². The van der Waals surface area contributed by atoms with Gasteiger partial charge in [-0.3, -0.25) is 0 Å². The second-order valence-corrected chi connectivity index (χ2v) is 6.96. The Balaban J connectivity index is 1.42. The normalized spacial score (nSPS) is 11.2. The molecule has 0 atom stereocenters. The second-order valence-electron chi connectivity index (χ2n) is 6.53. The van der Waals surface area contributed by atoms with E-state index >= 15 is 0 Å². The Bertz CT molecular complexity index is 1140. The van der Waals surface area contributed by atoms with Gasteiger partial charge in [-0.1, -0.05) is 48.0 Å². The van der Waals surface area contributed by atoms with Gasteiger partial charge in [-0.25, -0.2) is 10.4 Å². The second kappa shape index (κ2) is 8.80. The maximum atomic E-state index is 5.92. The molecule has 6 heteroatoms. The number of hydrogen-bond acceptors (Lipinski definition) is 4. The van der Waals surface area contributed by atoms with Crippen LogP contribution in [0, 0.1) is 0 Å². The van der Waals surface area contributed by atoms with Gasteiger partial charge in [-0.05, 0) is 54.4 Å². The standard InChI is InChI=1S/C23H21ClN4O/c1-2-28-22-9-4-3-8-21(22)26-23(28)27-25-15-18-6-5-7-20(14-18)29-16-17-10-12-19(24)13-11-17/h3-15H,2,16H2,1H3,(H,26,27)/b25-15-. The van der Waals surface area contributed by atoms with E-state index < -0.39 is 0 Å². The Hall–Kier alpha value is -3.31. The number of rotatable bonds is 7. The number of aromatic nitrogens is 2. The summed E-state index contributed by atoms with van der Waals surface area (Å²) < 4.78 is 7.97. The van der Waals surface area contributed by atoms with Crippen molar-refractivity contribution in [3.8, 4) is 5.75 Å². The van der Waals surface area contributed by atoms with Crippen molar-refractivity contribution in [2.24, 2.45) is 5.10 Å². The first-order valence-corrected chi connectivity index (χ1v) is 9.82. The quantitative estimate of drug-likeness (QED) is 0.316. The first-order chi connectivity index (χ1) is 14.2. The molecular formula is C23H21ClN4O. The Labute approximate surface area is 174 Å². The number of halogens is 1. The number of benzene rings is 3. The van der Waals surface area contributed by atoms with Crippen molar-refractivity contribution in [2.75, 3.05) is 5.43 Å². The number of hydrogen-bond donors (Lipinski definition) is 1. The number of aryl methyl sites for hydroxylation is 1. The highest BCUT2D eigenvalue weighted by Crippen LogP contribution is 2.19. The maximum Gasteiger partial charge on any atom is 0.224 e. The summed E-state index contributed by atoms with van der Waals surface area (Å²) in [6.07, 6.45) is 1.76. The molecule has 0 spiro atoms. The lowest BCUT2D eigenvalue weighted by Gasteiger charge is -2.07. The summed E-state index contributed by atoms with van der Waals surface area (Å²) >= 11 is 5.92. The van der Waals surface area contributed by atoms with Crippen molar-refractivity contribution in [1.82, 2.24) is 9.55 Å². The minimum absolute atomic E-state index is 0.483. The molecule has 0 aliphatic carbocycles. The van der Waals surface area contributed by atoms with Gasteiger partial charge in [0.25, 0.3) is 0 Å². The first kappa shape index (κ1) is 19.0. The average Bonchev–Trinajstić information content (AvgIpc) is 3.11. The Morgan fingerprint density at radius 3 is 2.72 bits per heavy atom. The predicted molar refractivity (Wildman–Crippen MR) is 119 cm³/mol. The number of para-hydroxylation sites is 2. The molecule has 4 aromatic rings. The molecule has 0 saturated carbocycles. The highest BCUT2D eigenvalue weighted by Gasteiger charge is 2.07. The van der Waals surface area contributed by atoms with Crippen molar-refractivity contribution >= 4 is 34.8 Å². The van der Waals surface area contributed by atoms with Gasteiger partial charge in [-0.15, -0.1) is 0 Å². The van der Waals surface area contributed by atoms with E-state index in [4.69, 9.17) is 16.3 Å². The molecule has 0 amide bonds. The summed E-state index contributed by atoms with van der Waals surface area (Å²) in [5.41, 5.74) is 7.09. The molecule has 0 fully saturated rings. The minimum Gasteiger partial charge on any atom is -0.489 e. The van der Waals surface area contributed by atoms with Gasteiger partial charge in [0, 0.05) is 11.6 Å². The lowest BCUT2D eigenvalue weighted by atomic mass is 10.2. The zero-order valence-electron chi connectivity index (χ0n) is 16.0. The third-order valence-corrected chi connectivity index (χ3v) is 4.78. The van der Waals surface area contributed by atoms with Crippen LogP contribution in [0.25, 0.3) is 11.0 Å². The molecule has 3 aromatic carbocycles. The van der Waals surface area contributed by atoms with Gasteiger partial charge in [0.1, 0.15) is 12.4 Å². The summed E-state index contributed by atoms with van der Waals surface area (Å²) in [6, 6.07) is 23.5. The zero-order chi connectivity index (χ0) is 20.1. The van der Waals surface area contributed by atoms with E-state index in [0.717, 1.165) is 45.4 Å². The van der Waals surface area contributed by atoms with Crippen LogP contribution < -0.4 is 10.2 Å². The summed E-state index contributed by atoms with van der Waals surface area (Å²) in [6.45, 7) is 3.38. The Morgan fingerprint density at radius 2 is 1.90 bits per heavy atom. The summed E-state index contributed by atoms with van der Waals surface area (Å²) in [5.74, 6) is 1.50. The highest BCUT2D eigenvalue weighted by atomic mass is 35.5. The number of ether oxygens (including phenoxy) is 1. The van der Waals surface area contributed by atoms with Crippen LogP contribution in [-0.2, 0) is 13.2 Å². The van der Waals surface area contributed by atoms with E-state index in [1.54, 1.807) is 6.21 Å². The molecule has 0 saturated heterocycles. The smallest absolute Gasteiger partial charge is 0.224 e. The van der Waals surface area contributed by atoms with E-state index in [1.807, 2.05) is 66.7 Å². The Kier molecular flexibility index (Phi) is 5.77. The van der Waals surface area contributed by atoms with Crippen LogP contribution in [0.15, 0.2) is 77.9 Å². The number of hydrazone groups is 1. The molecule has 0 bridgehead atoms. The summed E-state index contributed by atoms with van der Waals surface area (Å²) in [5, 5.41) is 5.07. The lowest BCUT2D eigenvalue weighted by molar-refractivity contribution is 0.306. The minimum atomic E-state index is 0.483. The largest absolute Gasteiger partial charge is 0.489 e. The fourth-order valence-corrected chi connectivity index (χ4v) is 3.20. The Morgan fingerprint density at radius 1 is 1.07 bits per heavy atom. The van der Waals surface area contributed by atoms with Crippen LogP contribution >= 0.6 is 11.6 Å². The van der Waals surface area contributed by atoms with Gasteiger partial charge in [0.2, 0.25) is 5.95 Å². The summed E-state index contributed by atoms with van der Waals surface area (Å²) in [7, 11) is 0. The van der Waals surface area contributed by atoms with Gasteiger partial charge in [-0.2, -0.15) is 5.10 Å². The first-order valence-electron chi connectivity index (χ1n) is 9.44. The molecule has 0 unspecified atom stereocenters. The third-order valence-electron chi connectivity index (χ3n) is 4.53. The molecule has 1 aromatic heterocycles. The molecule has 29 heavy (non-hydrogen) atoms.